The van der Waals surface area contributed by atoms with Crippen LogP contribution < -0.4 is 5.32 Å². The van der Waals surface area contributed by atoms with E-state index in [0.717, 1.165) is 15.8 Å². The summed E-state index contributed by atoms with van der Waals surface area (Å²) < 4.78 is 2.63. The maximum absolute atomic E-state index is 12.6. The lowest BCUT2D eigenvalue weighted by molar-refractivity contribution is 0.103. The maximum atomic E-state index is 12.6. The van der Waals surface area contributed by atoms with Gasteiger partial charge in [-0.05, 0) is 42.5 Å². The fraction of sp³-hybridized carbons (Fsp3) is 0. The van der Waals surface area contributed by atoms with Gasteiger partial charge in [-0.2, -0.15) is 5.10 Å². The molecule has 0 aliphatic heterocycles. The van der Waals surface area contributed by atoms with Gasteiger partial charge in [-0.25, -0.2) is 4.68 Å². The number of aromatic nitrogens is 2. The van der Waals surface area contributed by atoms with Crippen LogP contribution in [-0.4, -0.2) is 15.7 Å². The predicted octanol–water partition coefficient (Wildman–Crippen LogP) is 5.65. The smallest absolute Gasteiger partial charge is 0.267 e. The molecule has 0 unspecified atom stereocenters. The zero-order chi connectivity index (χ0) is 17.4. The first kappa shape index (κ1) is 16.1. The van der Waals surface area contributed by atoms with Crippen molar-refractivity contribution in [1.82, 2.24) is 9.78 Å². The number of nitrogens with one attached hydrogen (secondary N) is 1. The Morgan fingerprint density at radius 1 is 1.12 bits per heavy atom. The Hall–Kier alpha value is -2.34. The van der Waals surface area contributed by atoms with Crippen LogP contribution in [0.5, 0.6) is 0 Å². The minimum atomic E-state index is -0.242. The van der Waals surface area contributed by atoms with Crippen LogP contribution in [-0.2, 0) is 0 Å². The SMILES string of the molecule is O=C(Nc1ccc(-n2cccn2)cc1)c1sc2cc(Cl)ccc2c1Cl. The molecule has 0 fully saturated rings. The topological polar surface area (TPSA) is 46.9 Å². The highest BCUT2D eigenvalue weighted by atomic mass is 35.5. The molecule has 1 N–H and O–H groups in total. The van der Waals surface area contributed by atoms with Gasteiger partial charge < -0.3 is 5.32 Å². The minimum Gasteiger partial charge on any atom is -0.321 e. The van der Waals surface area contributed by atoms with Gasteiger partial charge in [0.25, 0.3) is 5.91 Å². The van der Waals surface area contributed by atoms with Gasteiger partial charge in [0.05, 0.1) is 10.7 Å². The number of rotatable bonds is 3. The van der Waals surface area contributed by atoms with E-state index < -0.39 is 0 Å². The summed E-state index contributed by atoms with van der Waals surface area (Å²) in [7, 11) is 0. The third kappa shape index (κ3) is 3.14. The van der Waals surface area contributed by atoms with Crippen LogP contribution in [0.4, 0.5) is 5.69 Å². The van der Waals surface area contributed by atoms with Gasteiger partial charge in [0.15, 0.2) is 0 Å². The van der Waals surface area contributed by atoms with Crippen molar-refractivity contribution in [2.75, 3.05) is 5.32 Å². The quantitative estimate of drug-likeness (QED) is 0.493. The lowest BCUT2D eigenvalue weighted by atomic mass is 10.2. The first-order valence-corrected chi connectivity index (χ1v) is 8.98. The molecular formula is C18H11Cl2N3OS. The summed E-state index contributed by atoms with van der Waals surface area (Å²) in [4.78, 5) is 13.0. The molecule has 0 aliphatic carbocycles. The second-order valence-corrected chi connectivity index (χ2v) is 7.20. The first-order valence-electron chi connectivity index (χ1n) is 7.41. The van der Waals surface area contributed by atoms with Gasteiger partial charge in [0.2, 0.25) is 0 Å². The van der Waals surface area contributed by atoms with Gasteiger partial charge in [-0.15, -0.1) is 11.3 Å². The summed E-state index contributed by atoms with van der Waals surface area (Å²) in [5, 5.41) is 8.93. The molecule has 0 aliphatic rings. The number of halogens is 2. The largest absolute Gasteiger partial charge is 0.321 e. The van der Waals surface area contributed by atoms with Crippen molar-refractivity contribution in [3.63, 3.8) is 0 Å². The first-order chi connectivity index (χ1) is 12.1. The average Bonchev–Trinajstić information content (AvgIpc) is 3.24. The van der Waals surface area contributed by atoms with E-state index in [9.17, 15) is 4.79 Å². The average molecular weight is 388 g/mol. The number of anilines is 1. The number of benzene rings is 2. The van der Waals surface area contributed by atoms with E-state index in [1.165, 1.54) is 11.3 Å². The number of nitrogens with zero attached hydrogens (tertiary/aromatic N) is 2. The molecule has 7 heteroatoms. The Labute approximate surface area is 157 Å². The number of thiophene rings is 1. The maximum Gasteiger partial charge on any atom is 0.267 e. The van der Waals surface area contributed by atoms with Crippen LogP contribution in [0.1, 0.15) is 9.67 Å². The van der Waals surface area contributed by atoms with Crippen LogP contribution in [0.25, 0.3) is 15.8 Å². The summed E-state index contributed by atoms with van der Waals surface area (Å²) in [5.74, 6) is -0.242. The number of amides is 1. The molecule has 124 valence electrons. The number of carbonyl (C=O) groups is 1. The van der Waals surface area contributed by atoms with E-state index in [2.05, 4.69) is 10.4 Å². The lowest BCUT2D eigenvalue weighted by Gasteiger charge is -2.06. The van der Waals surface area contributed by atoms with Crippen LogP contribution in [0.15, 0.2) is 60.9 Å². The van der Waals surface area contributed by atoms with Crippen molar-refractivity contribution in [2.45, 2.75) is 0 Å². The molecule has 0 radical (unpaired) electrons. The number of hydrogen-bond donors (Lipinski definition) is 1. The van der Waals surface area contributed by atoms with Gasteiger partial charge in [0, 0.05) is 33.2 Å². The van der Waals surface area contributed by atoms with Crippen LogP contribution in [0.2, 0.25) is 10.0 Å². The monoisotopic (exact) mass is 387 g/mol. The van der Waals surface area contributed by atoms with E-state index in [-0.39, 0.29) is 5.91 Å². The van der Waals surface area contributed by atoms with Crippen LogP contribution in [0, 0.1) is 0 Å². The fourth-order valence-corrected chi connectivity index (χ4v) is 4.18. The molecular weight excluding hydrogens is 377 g/mol. The molecule has 2 aromatic heterocycles. The summed E-state index contributed by atoms with van der Waals surface area (Å²) in [5.41, 5.74) is 1.60. The lowest BCUT2D eigenvalue weighted by Crippen LogP contribution is -2.10. The minimum absolute atomic E-state index is 0.242. The van der Waals surface area contributed by atoms with Crippen molar-refractivity contribution in [1.29, 1.82) is 0 Å². The number of fused-ring (bicyclic) bond motifs is 1. The third-order valence-corrected chi connectivity index (χ3v) is 5.58. The highest BCUT2D eigenvalue weighted by Crippen LogP contribution is 2.37. The van der Waals surface area contributed by atoms with E-state index >= 15 is 0 Å². The molecule has 0 saturated heterocycles. The highest BCUT2D eigenvalue weighted by Gasteiger charge is 2.17. The van der Waals surface area contributed by atoms with Crippen molar-refractivity contribution in [2.24, 2.45) is 0 Å². The molecule has 4 rings (SSSR count). The van der Waals surface area contributed by atoms with Crippen LogP contribution >= 0.6 is 34.5 Å². The van der Waals surface area contributed by atoms with Gasteiger partial charge in [0.1, 0.15) is 4.88 Å². The molecule has 4 aromatic rings. The van der Waals surface area contributed by atoms with E-state index in [4.69, 9.17) is 23.2 Å². The predicted molar refractivity (Wildman–Crippen MR) is 103 cm³/mol. The number of carbonyl (C=O) groups excluding carboxylic acids is 1. The van der Waals surface area contributed by atoms with Crippen molar-refractivity contribution in [3.8, 4) is 5.69 Å². The van der Waals surface area contributed by atoms with Crippen molar-refractivity contribution in [3.05, 3.63) is 75.8 Å². The van der Waals surface area contributed by atoms with Crippen molar-refractivity contribution < 1.29 is 4.79 Å². The second kappa shape index (κ2) is 6.52. The summed E-state index contributed by atoms with van der Waals surface area (Å²) >= 11 is 13.7. The Kier molecular flexibility index (Phi) is 4.21. The molecule has 1 amide bonds. The number of hydrogen-bond acceptors (Lipinski definition) is 3. The molecule has 25 heavy (non-hydrogen) atoms. The zero-order valence-corrected chi connectivity index (χ0v) is 15.1. The van der Waals surface area contributed by atoms with Gasteiger partial charge >= 0.3 is 0 Å². The fourth-order valence-electron chi connectivity index (χ4n) is 2.49. The Morgan fingerprint density at radius 2 is 1.92 bits per heavy atom. The second-order valence-electron chi connectivity index (χ2n) is 5.34. The van der Waals surface area contributed by atoms with E-state index in [0.29, 0.717) is 20.6 Å². The van der Waals surface area contributed by atoms with Gasteiger partial charge in [-0.3, -0.25) is 4.79 Å². The molecule has 2 aromatic carbocycles. The summed E-state index contributed by atoms with van der Waals surface area (Å²) in [6.07, 6.45) is 3.57. The zero-order valence-electron chi connectivity index (χ0n) is 12.7. The van der Waals surface area contributed by atoms with Crippen LogP contribution in [0.3, 0.4) is 0 Å². The van der Waals surface area contributed by atoms with E-state index in [1.807, 2.05) is 48.7 Å². The molecule has 0 spiro atoms. The third-order valence-electron chi connectivity index (χ3n) is 3.69. The molecule has 2 heterocycles. The summed E-state index contributed by atoms with van der Waals surface area (Å²) in [6.45, 7) is 0. The van der Waals surface area contributed by atoms with Gasteiger partial charge in [-0.1, -0.05) is 29.3 Å². The van der Waals surface area contributed by atoms with Crippen molar-refractivity contribution >= 4 is 56.2 Å². The Balaban J connectivity index is 1.59. The molecule has 4 nitrogen and oxygen atoms in total. The standard InChI is InChI=1S/C18H11Cl2N3OS/c19-11-2-7-14-15(10-11)25-17(16(14)20)18(24)22-12-3-5-13(6-4-12)23-9-1-8-21-23/h1-10H,(H,22,24). The summed E-state index contributed by atoms with van der Waals surface area (Å²) in [6, 6.07) is 14.7. The Bertz CT molecular complexity index is 1060. The molecule has 0 saturated carbocycles. The molecule has 0 atom stereocenters. The highest BCUT2D eigenvalue weighted by molar-refractivity contribution is 7.21. The normalized spacial score (nSPS) is 11.0. The Morgan fingerprint density at radius 3 is 2.64 bits per heavy atom. The molecule has 0 bridgehead atoms. The van der Waals surface area contributed by atoms with E-state index in [1.54, 1.807) is 16.9 Å².